The minimum atomic E-state index is -0.810. The van der Waals surface area contributed by atoms with Crippen molar-refractivity contribution in [3.63, 3.8) is 0 Å². The van der Waals surface area contributed by atoms with Gasteiger partial charge in [0, 0.05) is 13.0 Å². The zero-order valence-electron chi connectivity index (χ0n) is 13.1. The number of hydrogen-bond donors (Lipinski definition) is 2. The Labute approximate surface area is 127 Å². The number of carboxylic acids is 1. The fraction of sp³-hybridized carbons (Fsp3) is 0.875. The molecule has 2 aliphatic rings. The van der Waals surface area contributed by atoms with Gasteiger partial charge < -0.3 is 15.3 Å². The van der Waals surface area contributed by atoms with Crippen molar-refractivity contribution in [3.8, 4) is 0 Å². The normalized spacial score (nSPS) is 23.7. The summed E-state index contributed by atoms with van der Waals surface area (Å²) >= 11 is 0. The van der Waals surface area contributed by atoms with Gasteiger partial charge in [0.05, 0.1) is 5.41 Å². The zero-order valence-corrected chi connectivity index (χ0v) is 13.1. The molecule has 1 saturated heterocycles. The van der Waals surface area contributed by atoms with Crippen LogP contribution in [0.1, 0.15) is 51.4 Å². The Kier molecular flexibility index (Phi) is 5.62. The molecule has 2 fully saturated rings. The Bertz CT molecular complexity index is 370. The average Bonchev–Trinajstić information content (AvgIpc) is 2.47. The minimum absolute atomic E-state index is 0.0850. The molecule has 0 bridgehead atoms. The molecule has 1 heterocycles. The maximum atomic E-state index is 12.1. The Balaban J connectivity index is 1.78. The van der Waals surface area contributed by atoms with Crippen LogP contribution in [0.3, 0.4) is 0 Å². The first kappa shape index (κ1) is 16.3. The Morgan fingerprint density at radius 2 is 1.81 bits per heavy atom. The SMILES string of the molecule is CN1CCC(CNC(=O)CC2(C(=O)O)CCCCC2)CC1. The first-order chi connectivity index (χ1) is 10.0. The highest BCUT2D eigenvalue weighted by molar-refractivity contribution is 5.85. The summed E-state index contributed by atoms with van der Waals surface area (Å²) in [6.07, 6.45) is 6.60. The number of carbonyl (C=O) groups excluding carboxylic acids is 1. The molecule has 0 atom stereocenters. The van der Waals surface area contributed by atoms with Crippen molar-refractivity contribution >= 4 is 11.9 Å². The van der Waals surface area contributed by atoms with Gasteiger partial charge >= 0.3 is 5.97 Å². The van der Waals surface area contributed by atoms with Crippen LogP contribution in [-0.2, 0) is 9.59 Å². The monoisotopic (exact) mass is 296 g/mol. The van der Waals surface area contributed by atoms with Crippen molar-refractivity contribution in [2.24, 2.45) is 11.3 Å². The summed E-state index contributed by atoms with van der Waals surface area (Å²) in [7, 11) is 2.12. The second-order valence-electron chi connectivity index (χ2n) is 6.87. The molecular weight excluding hydrogens is 268 g/mol. The van der Waals surface area contributed by atoms with E-state index in [0.29, 0.717) is 25.3 Å². The van der Waals surface area contributed by atoms with Gasteiger partial charge in [-0.25, -0.2) is 0 Å². The van der Waals surface area contributed by atoms with Crippen LogP contribution < -0.4 is 5.32 Å². The van der Waals surface area contributed by atoms with E-state index < -0.39 is 11.4 Å². The number of carboxylic acid groups (broad SMARTS) is 1. The van der Waals surface area contributed by atoms with Crippen molar-refractivity contribution in [3.05, 3.63) is 0 Å². The van der Waals surface area contributed by atoms with Crippen LogP contribution in [0.25, 0.3) is 0 Å². The fourth-order valence-corrected chi connectivity index (χ4v) is 3.59. The highest BCUT2D eigenvalue weighted by Gasteiger charge is 2.41. The summed E-state index contributed by atoms with van der Waals surface area (Å²) in [5.74, 6) is -0.341. The van der Waals surface area contributed by atoms with Gasteiger partial charge in [-0.3, -0.25) is 9.59 Å². The quantitative estimate of drug-likeness (QED) is 0.812. The van der Waals surface area contributed by atoms with E-state index in [9.17, 15) is 14.7 Å². The summed E-state index contributed by atoms with van der Waals surface area (Å²) in [5.41, 5.74) is -0.810. The van der Waals surface area contributed by atoms with E-state index in [1.807, 2.05) is 0 Å². The fourth-order valence-electron chi connectivity index (χ4n) is 3.59. The lowest BCUT2D eigenvalue weighted by Gasteiger charge is -2.33. The summed E-state index contributed by atoms with van der Waals surface area (Å²) in [6, 6.07) is 0. The third kappa shape index (κ3) is 4.43. The van der Waals surface area contributed by atoms with E-state index in [1.165, 1.54) is 0 Å². The van der Waals surface area contributed by atoms with E-state index in [4.69, 9.17) is 0 Å². The Morgan fingerprint density at radius 3 is 2.38 bits per heavy atom. The molecule has 0 aromatic heterocycles. The van der Waals surface area contributed by atoms with Crippen LogP contribution >= 0.6 is 0 Å². The van der Waals surface area contributed by atoms with Crippen LogP contribution in [0, 0.1) is 11.3 Å². The summed E-state index contributed by atoms with van der Waals surface area (Å²) in [4.78, 5) is 26.0. The molecule has 5 nitrogen and oxygen atoms in total. The molecule has 2 rings (SSSR count). The standard InChI is InChI=1S/C16H28N2O3/c1-18-9-5-13(6-10-18)12-17-14(19)11-16(15(20)21)7-3-2-4-8-16/h13H,2-12H2,1H3,(H,17,19)(H,20,21). The lowest BCUT2D eigenvalue weighted by molar-refractivity contribution is -0.154. The number of nitrogens with zero attached hydrogens (tertiary/aromatic N) is 1. The molecule has 21 heavy (non-hydrogen) atoms. The van der Waals surface area contributed by atoms with Gasteiger partial charge in [0.25, 0.3) is 0 Å². The molecule has 0 radical (unpaired) electrons. The molecule has 0 aromatic rings. The van der Waals surface area contributed by atoms with Crippen molar-refractivity contribution in [1.29, 1.82) is 0 Å². The minimum Gasteiger partial charge on any atom is -0.481 e. The van der Waals surface area contributed by atoms with E-state index in [0.717, 1.165) is 45.2 Å². The Hall–Kier alpha value is -1.10. The van der Waals surface area contributed by atoms with Gasteiger partial charge in [0.15, 0.2) is 0 Å². The molecule has 120 valence electrons. The molecular formula is C16H28N2O3. The smallest absolute Gasteiger partial charge is 0.310 e. The molecule has 5 heteroatoms. The van der Waals surface area contributed by atoms with Gasteiger partial charge in [-0.15, -0.1) is 0 Å². The lowest BCUT2D eigenvalue weighted by Crippen LogP contribution is -2.41. The second-order valence-corrected chi connectivity index (χ2v) is 6.87. The second kappa shape index (κ2) is 7.25. The first-order valence-electron chi connectivity index (χ1n) is 8.20. The summed E-state index contributed by atoms with van der Waals surface area (Å²) < 4.78 is 0. The number of hydrogen-bond acceptors (Lipinski definition) is 3. The van der Waals surface area contributed by atoms with Crippen molar-refractivity contribution < 1.29 is 14.7 Å². The summed E-state index contributed by atoms with van der Waals surface area (Å²) in [6.45, 7) is 2.86. The number of aliphatic carboxylic acids is 1. The van der Waals surface area contributed by atoms with Crippen molar-refractivity contribution in [2.45, 2.75) is 51.4 Å². The van der Waals surface area contributed by atoms with Crippen LogP contribution in [0.15, 0.2) is 0 Å². The summed E-state index contributed by atoms with van der Waals surface area (Å²) in [5, 5.41) is 12.5. The maximum absolute atomic E-state index is 12.1. The number of rotatable bonds is 5. The van der Waals surface area contributed by atoms with E-state index in [2.05, 4.69) is 17.3 Å². The number of likely N-dealkylation sites (tertiary alicyclic amines) is 1. The van der Waals surface area contributed by atoms with Gasteiger partial charge in [0.2, 0.25) is 5.91 Å². The topological polar surface area (TPSA) is 69.6 Å². The maximum Gasteiger partial charge on any atom is 0.310 e. The molecule has 0 aromatic carbocycles. The molecule has 1 aliphatic carbocycles. The third-order valence-electron chi connectivity index (χ3n) is 5.19. The van der Waals surface area contributed by atoms with Crippen molar-refractivity contribution in [2.75, 3.05) is 26.7 Å². The number of carbonyl (C=O) groups is 2. The highest BCUT2D eigenvalue weighted by Crippen LogP contribution is 2.39. The van der Waals surface area contributed by atoms with Crippen LogP contribution in [0.5, 0.6) is 0 Å². The number of nitrogens with one attached hydrogen (secondary N) is 1. The van der Waals surface area contributed by atoms with Gasteiger partial charge in [-0.1, -0.05) is 19.3 Å². The largest absolute Gasteiger partial charge is 0.481 e. The van der Waals surface area contributed by atoms with Crippen molar-refractivity contribution in [1.82, 2.24) is 10.2 Å². The molecule has 1 amide bonds. The van der Waals surface area contributed by atoms with Gasteiger partial charge in [0.1, 0.15) is 0 Å². The van der Waals surface area contributed by atoms with Gasteiger partial charge in [-0.2, -0.15) is 0 Å². The van der Waals surface area contributed by atoms with E-state index in [1.54, 1.807) is 0 Å². The van der Waals surface area contributed by atoms with Crippen LogP contribution in [-0.4, -0.2) is 48.6 Å². The average molecular weight is 296 g/mol. The molecule has 1 aliphatic heterocycles. The molecule has 0 unspecified atom stereocenters. The molecule has 1 saturated carbocycles. The van der Waals surface area contributed by atoms with E-state index >= 15 is 0 Å². The molecule has 2 N–H and O–H groups in total. The predicted molar refractivity (Wildman–Crippen MR) is 81.0 cm³/mol. The predicted octanol–water partition coefficient (Wildman–Crippen LogP) is 1.87. The first-order valence-corrected chi connectivity index (χ1v) is 8.20. The van der Waals surface area contributed by atoms with Crippen LogP contribution in [0.4, 0.5) is 0 Å². The van der Waals surface area contributed by atoms with Crippen LogP contribution in [0.2, 0.25) is 0 Å². The molecule has 0 spiro atoms. The Morgan fingerprint density at radius 1 is 1.19 bits per heavy atom. The zero-order chi connectivity index (χ0) is 15.3. The highest BCUT2D eigenvalue weighted by atomic mass is 16.4. The third-order valence-corrected chi connectivity index (χ3v) is 5.19. The number of amides is 1. The van der Waals surface area contributed by atoms with E-state index in [-0.39, 0.29) is 12.3 Å². The lowest BCUT2D eigenvalue weighted by atomic mass is 9.71. The van der Waals surface area contributed by atoms with Gasteiger partial charge in [-0.05, 0) is 51.7 Å². The number of piperidine rings is 1.